The zero-order valence-corrected chi connectivity index (χ0v) is 11.7. The quantitative estimate of drug-likeness (QED) is 0.890. The van der Waals surface area contributed by atoms with E-state index in [2.05, 4.69) is 29.4 Å². The molecule has 3 nitrogen and oxygen atoms in total. The van der Waals surface area contributed by atoms with Crippen LogP contribution in [-0.4, -0.2) is 10.9 Å². The average molecular weight is 254 g/mol. The van der Waals surface area contributed by atoms with Crippen molar-refractivity contribution in [3.63, 3.8) is 0 Å². The van der Waals surface area contributed by atoms with Crippen LogP contribution in [0.5, 0.6) is 0 Å². The van der Waals surface area contributed by atoms with E-state index in [-0.39, 0.29) is 5.91 Å². The number of benzene rings is 1. The second kappa shape index (κ2) is 5.22. The molecule has 1 aromatic heterocycles. The highest BCUT2D eigenvalue weighted by atomic mass is 16.1. The second-order valence-corrected chi connectivity index (χ2v) is 4.86. The lowest BCUT2D eigenvalue weighted by Gasteiger charge is -2.13. The first-order valence-electron chi connectivity index (χ1n) is 6.30. The van der Waals surface area contributed by atoms with Crippen LogP contribution in [0.25, 0.3) is 0 Å². The third kappa shape index (κ3) is 2.81. The van der Waals surface area contributed by atoms with Gasteiger partial charge in [-0.1, -0.05) is 17.7 Å². The van der Waals surface area contributed by atoms with E-state index in [0.717, 1.165) is 22.5 Å². The molecule has 98 valence electrons. The number of aromatic nitrogens is 1. The average Bonchev–Trinajstić information content (AvgIpc) is 2.34. The summed E-state index contributed by atoms with van der Waals surface area (Å²) in [7, 11) is 0. The molecule has 1 heterocycles. The van der Waals surface area contributed by atoms with Crippen molar-refractivity contribution in [3.8, 4) is 0 Å². The number of amides is 1. The Morgan fingerprint density at radius 1 is 1.11 bits per heavy atom. The Kier molecular flexibility index (Phi) is 3.65. The molecule has 1 amide bonds. The number of pyridine rings is 1. The molecular weight excluding hydrogens is 236 g/mol. The van der Waals surface area contributed by atoms with Gasteiger partial charge in [0.25, 0.3) is 5.91 Å². The number of rotatable bonds is 2. The third-order valence-corrected chi connectivity index (χ3v) is 3.17. The van der Waals surface area contributed by atoms with E-state index >= 15 is 0 Å². The largest absolute Gasteiger partial charge is 0.321 e. The van der Waals surface area contributed by atoms with Gasteiger partial charge in [-0.3, -0.25) is 9.78 Å². The molecule has 0 aliphatic carbocycles. The van der Waals surface area contributed by atoms with E-state index in [9.17, 15) is 4.79 Å². The van der Waals surface area contributed by atoms with Gasteiger partial charge < -0.3 is 5.32 Å². The first kappa shape index (κ1) is 13.3. The number of nitrogens with one attached hydrogen (secondary N) is 1. The molecule has 0 saturated heterocycles. The highest BCUT2D eigenvalue weighted by Crippen LogP contribution is 2.22. The molecule has 19 heavy (non-hydrogen) atoms. The lowest BCUT2D eigenvalue weighted by Crippen LogP contribution is -2.15. The highest BCUT2D eigenvalue weighted by molar-refractivity contribution is 6.05. The number of nitrogens with zero attached hydrogens (tertiary/aromatic N) is 1. The van der Waals surface area contributed by atoms with Gasteiger partial charge in [-0.25, -0.2) is 0 Å². The number of carbonyl (C=O) groups is 1. The van der Waals surface area contributed by atoms with Gasteiger partial charge in [-0.05, 0) is 51.0 Å². The summed E-state index contributed by atoms with van der Waals surface area (Å²) in [5.74, 6) is -0.111. The van der Waals surface area contributed by atoms with Gasteiger partial charge in [-0.15, -0.1) is 0 Å². The van der Waals surface area contributed by atoms with Crippen LogP contribution in [-0.2, 0) is 0 Å². The monoisotopic (exact) mass is 254 g/mol. The summed E-state index contributed by atoms with van der Waals surface area (Å²) in [6, 6.07) is 7.70. The third-order valence-electron chi connectivity index (χ3n) is 3.17. The van der Waals surface area contributed by atoms with E-state index < -0.39 is 0 Å². The lowest BCUT2D eigenvalue weighted by atomic mass is 10.0. The van der Waals surface area contributed by atoms with Gasteiger partial charge in [0.15, 0.2) is 0 Å². The topological polar surface area (TPSA) is 42.0 Å². The fourth-order valence-electron chi connectivity index (χ4n) is 2.28. The zero-order valence-electron chi connectivity index (χ0n) is 11.7. The van der Waals surface area contributed by atoms with Crippen molar-refractivity contribution in [2.24, 2.45) is 0 Å². The molecule has 2 rings (SSSR count). The fourth-order valence-corrected chi connectivity index (χ4v) is 2.28. The van der Waals surface area contributed by atoms with Gasteiger partial charge in [0.1, 0.15) is 0 Å². The first-order chi connectivity index (χ1) is 8.99. The number of hydrogen-bond donors (Lipinski definition) is 1. The van der Waals surface area contributed by atoms with Crippen LogP contribution >= 0.6 is 0 Å². The zero-order chi connectivity index (χ0) is 14.0. The molecule has 3 heteroatoms. The van der Waals surface area contributed by atoms with E-state index in [1.54, 1.807) is 18.3 Å². The van der Waals surface area contributed by atoms with Crippen molar-refractivity contribution in [1.82, 2.24) is 4.98 Å². The van der Waals surface area contributed by atoms with Crippen LogP contribution < -0.4 is 5.32 Å². The molecule has 0 aliphatic heterocycles. The first-order valence-corrected chi connectivity index (χ1v) is 6.30. The molecule has 0 saturated carbocycles. The number of carbonyl (C=O) groups excluding carboxylic acids is 1. The van der Waals surface area contributed by atoms with Crippen molar-refractivity contribution in [3.05, 3.63) is 58.4 Å². The minimum atomic E-state index is -0.111. The predicted molar refractivity (Wildman–Crippen MR) is 77.6 cm³/mol. The number of hydrogen-bond acceptors (Lipinski definition) is 2. The van der Waals surface area contributed by atoms with Gasteiger partial charge in [0.2, 0.25) is 0 Å². The highest BCUT2D eigenvalue weighted by Gasteiger charge is 2.12. The van der Waals surface area contributed by atoms with Gasteiger partial charge in [-0.2, -0.15) is 0 Å². The minimum absolute atomic E-state index is 0.111. The molecule has 0 bridgehead atoms. The Balaban J connectivity index is 2.32. The van der Waals surface area contributed by atoms with Crippen LogP contribution in [0, 0.1) is 27.7 Å². The van der Waals surface area contributed by atoms with Crippen LogP contribution in [0.3, 0.4) is 0 Å². The standard InChI is InChI=1S/C16H18N2O/c1-10-8-11(2)15(12(3)9-10)18-16(19)14-6-5-7-17-13(14)4/h5-9H,1-4H3,(H,18,19). The summed E-state index contributed by atoms with van der Waals surface area (Å²) >= 11 is 0. The van der Waals surface area contributed by atoms with Gasteiger partial charge >= 0.3 is 0 Å². The van der Waals surface area contributed by atoms with E-state index in [4.69, 9.17) is 0 Å². The summed E-state index contributed by atoms with van der Waals surface area (Å²) in [6.45, 7) is 7.90. The molecule has 1 aromatic carbocycles. The van der Waals surface area contributed by atoms with Crippen molar-refractivity contribution in [1.29, 1.82) is 0 Å². The SMILES string of the molecule is Cc1cc(C)c(NC(=O)c2cccnc2C)c(C)c1. The summed E-state index contributed by atoms with van der Waals surface area (Å²) in [6.07, 6.45) is 1.69. The summed E-state index contributed by atoms with van der Waals surface area (Å²) in [5.41, 5.74) is 5.59. The fraction of sp³-hybridized carbons (Fsp3) is 0.250. The van der Waals surface area contributed by atoms with E-state index in [1.807, 2.05) is 20.8 Å². The van der Waals surface area contributed by atoms with Crippen molar-refractivity contribution >= 4 is 11.6 Å². The predicted octanol–water partition coefficient (Wildman–Crippen LogP) is 3.57. The Labute approximate surface area is 113 Å². The Morgan fingerprint density at radius 3 is 2.32 bits per heavy atom. The smallest absolute Gasteiger partial charge is 0.257 e. The maximum absolute atomic E-state index is 12.3. The van der Waals surface area contributed by atoms with Crippen LogP contribution in [0.15, 0.2) is 30.5 Å². The maximum atomic E-state index is 12.3. The molecule has 2 aromatic rings. The number of anilines is 1. The molecule has 0 fully saturated rings. The van der Waals surface area contributed by atoms with E-state index in [1.165, 1.54) is 5.56 Å². The molecule has 0 atom stereocenters. The minimum Gasteiger partial charge on any atom is -0.321 e. The van der Waals surface area contributed by atoms with Crippen LogP contribution in [0.4, 0.5) is 5.69 Å². The van der Waals surface area contributed by atoms with Crippen molar-refractivity contribution in [2.75, 3.05) is 5.32 Å². The summed E-state index contributed by atoms with van der Waals surface area (Å²) < 4.78 is 0. The molecule has 0 unspecified atom stereocenters. The van der Waals surface area contributed by atoms with E-state index in [0.29, 0.717) is 5.56 Å². The molecule has 1 N–H and O–H groups in total. The van der Waals surface area contributed by atoms with Gasteiger partial charge in [0.05, 0.1) is 5.56 Å². The molecule has 0 spiro atoms. The molecular formula is C16H18N2O. The Bertz CT molecular complexity index is 609. The lowest BCUT2D eigenvalue weighted by molar-refractivity contribution is 0.102. The van der Waals surface area contributed by atoms with Gasteiger partial charge in [0, 0.05) is 17.6 Å². The van der Waals surface area contributed by atoms with Crippen LogP contribution in [0.1, 0.15) is 32.7 Å². The molecule has 0 aliphatic rings. The summed E-state index contributed by atoms with van der Waals surface area (Å²) in [4.78, 5) is 16.4. The van der Waals surface area contributed by atoms with Crippen molar-refractivity contribution < 1.29 is 4.79 Å². The summed E-state index contributed by atoms with van der Waals surface area (Å²) in [5, 5.41) is 2.98. The van der Waals surface area contributed by atoms with Crippen LogP contribution in [0.2, 0.25) is 0 Å². The maximum Gasteiger partial charge on any atom is 0.257 e. The Morgan fingerprint density at radius 2 is 1.74 bits per heavy atom. The number of aryl methyl sites for hydroxylation is 4. The Hall–Kier alpha value is -2.16. The normalized spacial score (nSPS) is 10.3. The second-order valence-electron chi connectivity index (χ2n) is 4.86. The van der Waals surface area contributed by atoms with Crippen molar-refractivity contribution in [2.45, 2.75) is 27.7 Å². The molecule has 0 radical (unpaired) electrons.